The summed E-state index contributed by atoms with van der Waals surface area (Å²) in [5.41, 5.74) is 1.54. The molecule has 0 saturated carbocycles. The predicted molar refractivity (Wildman–Crippen MR) is 51.1 cm³/mol. The molecule has 14 heavy (non-hydrogen) atoms. The molecule has 2 heterocycles. The molecular weight excluding hydrogens is 180 g/mol. The van der Waals surface area contributed by atoms with E-state index < -0.39 is 0 Å². The highest BCUT2D eigenvalue weighted by Gasteiger charge is 2.08. The number of aromatic nitrogens is 2. The largest absolute Gasteiger partial charge is 0.506 e. The molecule has 0 aromatic carbocycles. The second-order valence-electron chi connectivity index (χ2n) is 2.83. The first-order valence-electron chi connectivity index (χ1n) is 4.04. The van der Waals surface area contributed by atoms with Gasteiger partial charge in [0.1, 0.15) is 22.9 Å². The molecule has 0 aliphatic rings. The molecule has 0 radical (unpaired) electrons. The van der Waals surface area contributed by atoms with Gasteiger partial charge in [-0.15, -0.1) is 0 Å². The van der Waals surface area contributed by atoms with Crippen LogP contribution in [0.2, 0.25) is 0 Å². The monoisotopic (exact) mass is 188 g/mol. The van der Waals surface area contributed by atoms with E-state index in [9.17, 15) is 5.11 Å². The van der Waals surface area contributed by atoms with Gasteiger partial charge in [-0.25, -0.2) is 4.52 Å². The van der Waals surface area contributed by atoms with E-state index >= 15 is 0 Å². The third kappa shape index (κ3) is 1.05. The Labute approximate surface area is 80.2 Å². The summed E-state index contributed by atoms with van der Waals surface area (Å²) in [4.78, 5) is 0. The van der Waals surface area contributed by atoms with Crippen molar-refractivity contribution in [2.24, 2.45) is 0 Å². The lowest BCUT2D eigenvalue weighted by atomic mass is 10.2. The van der Waals surface area contributed by atoms with Crippen LogP contribution in [0.1, 0.15) is 5.56 Å². The molecular formula is C9H8N4O. The Kier molecular flexibility index (Phi) is 1.75. The molecule has 0 aliphatic carbocycles. The first kappa shape index (κ1) is 8.38. The third-order valence-corrected chi connectivity index (χ3v) is 2.00. The van der Waals surface area contributed by atoms with Crippen molar-refractivity contribution in [3.8, 4) is 11.8 Å². The molecule has 0 bridgehead atoms. The van der Waals surface area contributed by atoms with E-state index in [0.29, 0.717) is 11.1 Å². The normalized spacial score (nSPS) is 10.0. The molecule has 0 amide bonds. The highest BCUT2D eigenvalue weighted by atomic mass is 16.3. The van der Waals surface area contributed by atoms with Crippen LogP contribution < -0.4 is 5.32 Å². The summed E-state index contributed by atoms with van der Waals surface area (Å²) < 4.78 is 1.47. The minimum Gasteiger partial charge on any atom is -0.506 e. The number of rotatable bonds is 1. The zero-order valence-corrected chi connectivity index (χ0v) is 7.52. The van der Waals surface area contributed by atoms with Gasteiger partial charge < -0.3 is 10.4 Å². The Morgan fingerprint density at radius 1 is 1.64 bits per heavy atom. The lowest BCUT2D eigenvalue weighted by molar-refractivity contribution is 0.478. The van der Waals surface area contributed by atoms with Crippen LogP contribution in [0.5, 0.6) is 5.75 Å². The number of nitrogens with one attached hydrogen (secondary N) is 1. The lowest BCUT2D eigenvalue weighted by Crippen LogP contribution is -1.93. The number of pyridine rings is 1. The quantitative estimate of drug-likeness (QED) is 0.698. The molecule has 5 heteroatoms. The van der Waals surface area contributed by atoms with Gasteiger partial charge in [-0.2, -0.15) is 10.4 Å². The Bertz CT molecular complexity index is 523. The second kappa shape index (κ2) is 2.92. The van der Waals surface area contributed by atoms with Gasteiger partial charge >= 0.3 is 0 Å². The van der Waals surface area contributed by atoms with E-state index in [-0.39, 0.29) is 5.75 Å². The number of hydrogen-bond donors (Lipinski definition) is 2. The van der Waals surface area contributed by atoms with Crippen LogP contribution in [0.25, 0.3) is 5.52 Å². The molecule has 0 unspecified atom stereocenters. The number of anilines is 1. The van der Waals surface area contributed by atoms with E-state index in [1.54, 1.807) is 19.3 Å². The van der Waals surface area contributed by atoms with Crippen LogP contribution in [0.15, 0.2) is 18.5 Å². The fraction of sp³-hybridized carbons (Fsp3) is 0.111. The van der Waals surface area contributed by atoms with Crippen molar-refractivity contribution in [3.05, 3.63) is 24.0 Å². The van der Waals surface area contributed by atoms with Crippen molar-refractivity contribution in [3.63, 3.8) is 0 Å². The van der Waals surface area contributed by atoms with E-state index in [0.717, 1.165) is 5.69 Å². The van der Waals surface area contributed by atoms with Gasteiger partial charge in [-0.1, -0.05) is 0 Å². The number of hydrogen-bond acceptors (Lipinski definition) is 4. The van der Waals surface area contributed by atoms with Gasteiger partial charge in [0.2, 0.25) is 0 Å². The predicted octanol–water partition coefficient (Wildman–Crippen LogP) is 0.953. The number of aromatic hydroxyl groups is 1. The molecule has 0 saturated heterocycles. The molecule has 2 N–H and O–H groups in total. The Hall–Kier alpha value is -2.22. The molecule has 70 valence electrons. The van der Waals surface area contributed by atoms with Gasteiger partial charge in [0.15, 0.2) is 0 Å². The average Bonchev–Trinajstić information content (AvgIpc) is 2.61. The Balaban J connectivity index is 2.80. The van der Waals surface area contributed by atoms with Crippen molar-refractivity contribution in [1.29, 1.82) is 5.26 Å². The zero-order chi connectivity index (χ0) is 10.1. The lowest BCUT2D eigenvalue weighted by Gasteiger charge is -2.02. The molecule has 2 rings (SSSR count). The van der Waals surface area contributed by atoms with Crippen molar-refractivity contribution in [2.75, 3.05) is 12.4 Å². The minimum absolute atomic E-state index is 0.0471. The maximum absolute atomic E-state index is 9.63. The smallest absolute Gasteiger partial charge is 0.144 e. The highest BCUT2D eigenvalue weighted by molar-refractivity contribution is 5.71. The van der Waals surface area contributed by atoms with Crippen molar-refractivity contribution < 1.29 is 5.11 Å². The third-order valence-electron chi connectivity index (χ3n) is 2.00. The van der Waals surface area contributed by atoms with Gasteiger partial charge in [-0.05, 0) is 0 Å². The summed E-state index contributed by atoms with van der Waals surface area (Å²) in [6.07, 6.45) is 3.13. The number of nitriles is 1. The van der Waals surface area contributed by atoms with Gasteiger partial charge in [0, 0.05) is 13.1 Å². The van der Waals surface area contributed by atoms with E-state index in [4.69, 9.17) is 5.26 Å². The highest BCUT2D eigenvalue weighted by Crippen LogP contribution is 2.24. The van der Waals surface area contributed by atoms with E-state index in [1.165, 1.54) is 10.7 Å². The van der Waals surface area contributed by atoms with Crippen LogP contribution in [-0.4, -0.2) is 21.8 Å². The van der Waals surface area contributed by atoms with Crippen LogP contribution in [-0.2, 0) is 0 Å². The number of fused-ring (bicyclic) bond motifs is 1. The van der Waals surface area contributed by atoms with Crippen LogP contribution in [0.3, 0.4) is 0 Å². The summed E-state index contributed by atoms with van der Waals surface area (Å²) >= 11 is 0. The molecule has 0 spiro atoms. The summed E-state index contributed by atoms with van der Waals surface area (Å²) in [5, 5.41) is 25.2. The van der Waals surface area contributed by atoms with Crippen LogP contribution in [0, 0.1) is 11.3 Å². The van der Waals surface area contributed by atoms with E-state index in [2.05, 4.69) is 10.4 Å². The zero-order valence-electron chi connectivity index (χ0n) is 7.52. The van der Waals surface area contributed by atoms with Gasteiger partial charge in [0.25, 0.3) is 0 Å². The first-order chi connectivity index (χ1) is 6.76. The Morgan fingerprint density at radius 2 is 2.43 bits per heavy atom. The average molecular weight is 188 g/mol. The topological polar surface area (TPSA) is 73.3 Å². The minimum atomic E-state index is 0.0471. The maximum atomic E-state index is 9.63. The molecule has 2 aromatic heterocycles. The standard InChI is InChI=1S/C9H8N4O/c1-11-7-2-8(14)9-6(3-10)4-12-13(9)5-7/h2,4-5,11,14H,1H3. The van der Waals surface area contributed by atoms with Gasteiger partial charge in [0.05, 0.1) is 18.1 Å². The number of nitrogens with zero attached hydrogens (tertiary/aromatic N) is 3. The van der Waals surface area contributed by atoms with Crippen molar-refractivity contribution in [2.45, 2.75) is 0 Å². The summed E-state index contributed by atoms with van der Waals surface area (Å²) in [6.45, 7) is 0. The van der Waals surface area contributed by atoms with Crippen molar-refractivity contribution >= 4 is 11.2 Å². The molecule has 0 fully saturated rings. The van der Waals surface area contributed by atoms with Gasteiger partial charge in [-0.3, -0.25) is 0 Å². The first-order valence-corrected chi connectivity index (χ1v) is 4.04. The molecule has 0 atom stereocenters. The van der Waals surface area contributed by atoms with Crippen LogP contribution >= 0.6 is 0 Å². The van der Waals surface area contributed by atoms with E-state index in [1.807, 2.05) is 6.07 Å². The fourth-order valence-corrected chi connectivity index (χ4v) is 1.32. The fourth-order valence-electron chi connectivity index (χ4n) is 1.32. The molecule has 0 aliphatic heterocycles. The summed E-state index contributed by atoms with van der Waals surface area (Å²) in [5.74, 6) is 0.0471. The molecule has 5 nitrogen and oxygen atoms in total. The molecule has 2 aromatic rings. The van der Waals surface area contributed by atoms with Crippen LogP contribution in [0.4, 0.5) is 5.69 Å². The Morgan fingerprint density at radius 3 is 3.07 bits per heavy atom. The van der Waals surface area contributed by atoms with Crippen molar-refractivity contribution in [1.82, 2.24) is 9.61 Å². The summed E-state index contributed by atoms with van der Waals surface area (Å²) in [6, 6.07) is 3.52. The maximum Gasteiger partial charge on any atom is 0.144 e. The second-order valence-corrected chi connectivity index (χ2v) is 2.83. The SMILES string of the molecule is CNc1cc(O)c2c(C#N)cnn2c1. The summed E-state index contributed by atoms with van der Waals surface area (Å²) in [7, 11) is 1.75.